The van der Waals surface area contributed by atoms with Gasteiger partial charge >= 0.3 is 0 Å². The summed E-state index contributed by atoms with van der Waals surface area (Å²) in [6.45, 7) is 0.479. The van der Waals surface area contributed by atoms with Crippen molar-refractivity contribution in [3.8, 4) is 0 Å². The molecule has 0 radical (unpaired) electrons. The van der Waals surface area contributed by atoms with Gasteiger partial charge in [-0.25, -0.2) is 0 Å². The summed E-state index contributed by atoms with van der Waals surface area (Å²) < 4.78 is 5.19. The Bertz CT molecular complexity index is 398. The summed E-state index contributed by atoms with van der Waals surface area (Å²) in [7, 11) is 0. The number of carbonyl (C=O) groups excluding carboxylic acids is 2. The fourth-order valence-corrected chi connectivity index (χ4v) is 2.71. The number of thiophene rings is 1. The van der Waals surface area contributed by atoms with Crippen molar-refractivity contribution < 1.29 is 14.3 Å². The molecular weight excluding hydrogens is 212 g/mol. The highest BCUT2D eigenvalue weighted by atomic mass is 32.1. The first-order valence-electron chi connectivity index (χ1n) is 4.63. The monoisotopic (exact) mass is 222 g/mol. The average molecular weight is 222 g/mol. The Labute approximate surface area is 91.4 Å². The van der Waals surface area contributed by atoms with E-state index in [1.807, 2.05) is 18.2 Å². The van der Waals surface area contributed by atoms with E-state index in [0.29, 0.717) is 24.2 Å². The van der Waals surface area contributed by atoms with Crippen LogP contribution in [0.4, 0.5) is 0 Å². The maximum absolute atomic E-state index is 10.6. The molecule has 0 aromatic carbocycles. The van der Waals surface area contributed by atoms with Crippen LogP contribution >= 0.6 is 11.3 Å². The van der Waals surface area contributed by atoms with E-state index in [1.165, 1.54) is 11.3 Å². The van der Waals surface area contributed by atoms with Gasteiger partial charge in [0, 0.05) is 17.7 Å². The van der Waals surface area contributed by atoms with Gasteiger partial charge in [0.05, 0.1) is 4.88 Å². The summed E-state index contributed by atoms with van der Waals surface area (Å²) in [6.07, 6.45) is 6.16. The van der Waals surface area contributed by atoms with E-state index in [2.05, 4.69) is 0 Å². The van der Waals surface area contributed by atoms with Crippen molar-refractivity contribution in [2.75, 3.05) is 0 Å². The smallest absolute Gasteiger partial charge is 0.294 e. The molecule has 1 aromatic rings. The molecule has 78 valence electrons. The fourth-order valence-electron chi connectivity index (χ4n) is 1.74. The van der Waals surface area contributed by atoms with Crippen LogP contribution in [0.25, 0.3) is 0 Å². The lowest BCUT2D eigenvalue weighted by Gasteiger charge is -2.25. The second kappa shape index (κ2) is 3.98. The first-order valence-corrected chi connectivity index (χ1v) is 5.44. The maximum Gasteiger partial charge on any atom is 0.294 e. The van der Waals surface area contributed by atoms with Crippen LogP contribution in [0.5, 0.6) is 0 Å². The molecule has 4 heteroatoms. The van der Waals surface area contributed by atoms with Crippen LogP contribution in [-0.2, 0) is 15.1 Å². The summed E-state index contributed by atoms with van der Waals surface area (Å²) in [6, 6.07) is 3.60. The molecule has 15 heavy (non-hydrogen) atoms. The molecule has 1 aromatic heterocycles. The summed E-state index contributed by atoms with van der Waals surface area (Å²) >= 11 is 1.38. The van der Waals surface area contributed by atoms with Crippen molar-refractivity contribution in [1.29, 1.82) is 0 Å². The fraction of sp³-hybridized carbons (Fsp3) is 0.273. The minimum atomic E-state index is -0.562. The molecule has 0 spiro atoms. The Morgan fingerprint density at radius 2 is 2.00 bits per heavy atom. The van der Waals surface area contributed by atoms with Crippen LogP contribution < -0.4 is 0 Å². The number of hydrogen-bond donors (Lipinski definition) is 0. The Hall–Kier alpha value is -1.42. The van der Waals surface area contributed by atoms with Gasteiger partial charge in [-0.05, 0) is 12.1 Å². The van der Waals surface area contributed by atoms with Gasteiger partial charge in [0.25, 0.3) is 6.47 Å². The topological polar surface area (TPSA) is 43.4 Å². The number of carbonyl (C=O) groups is 2. The quantitative estimate of drug-likeness (QED) is 0.580. The largest absolute Gasteiger partial charge is 0.455 e. The molecule has 0 saturated carbocycles. The van der Waals surface area contributed by atoms with Crippen molar-refractivity contribution in [2.24, 2.45) is 0 Å². The highest BCUT2D eigenvalue weighted by Crippen LogP contribution is 2.40. The van der Waals surface area contributed by atoms with Crippen molar-refractivity contribution in [3.63, 3.8) is 0 Å². The zero-order chi connectivity index (χ0) is 10.7. The highest BCUT2D eigenvalue weighted by molar-refractivity contribution is 7.13. The summed E-state index contributed by atoms with van der Waals surface area (Å²) in [5.41, 5.74) is -0.562. The molecule has 0 aliphatic heterocycles. The van der Waals surface area contributed by atoms with Gasteiger partial charge in [0.15, 0.2) is 11.9 Å². The van der Waals surface area contributed by atoms with Crippen LogP contribution in [0.3, 0.4) is 0 Å². The molecule has 0 atom stereocenters. The maximum atomic E-state index is 10.6. The van der Waals surface area contributed by atoms with Crippen LogP contribution in [0, 0.1) is 0 Å². The average Bonchev–Trinajstić information content (AvgIpc) is 2.85. The Balaban J connectivity index is 2.32. The van der Waals surface area contributed by atoms with Gasteiger partial charge in [-0.3, -0.25) is 9.59 Å². The molecule has 1 aliphatic carbocycles. The van der Waals surface area contributed by atoms with E-state index in [9.17, 15) is 9.59 Å². The number of hydrogen-bond acceptors (Lipinski definition) is 4. The molecule has 1 aliphatic rings. The van der Waals surface area contributed by atoms with Crippen molar-refractivity contribution >= 4 is 24.1 Å². The molecule has 0 fully saturated rings. The van der Waals surface area contributed by atoms with Crippen LogP contribution in [0.15, 0.2) is 24.3 Å². The molecule has 0 N–H and O–H groups in total. The van der Waals surface area contributed by atoms with E-state index in [4.69, 9.17) is 4.74 Å². The van der Waals surface area contributed by atoms with Gasteiger partial charge in [-0.2, -0.15) is 0 Å². The van der Waals surface area contributed by atoms with Gasteiger partial charge < -0.3 is 4.74 Å². The number of rotatable bonds is 4. The van der Waals surface area contributed by atoms with Crippen LogP contribution in [-0.4, -0.2) is 12.8 Å². The summed E-state index contributed by atoms with van der Waals surface area (Å²) in [4.78, 5) is 22.7. The second-order valence-electron chi connectivity index (χ2n) is 3.41. The van der Waals surface area contributed by atoms with Gasteiger partial charge in [0.2, 0.25) is 0 Å². The zero-order valence-corrected chi connectivity index (χ0v) is 8.83. The van der Waals surface area contributed by atoms with Crippen LogP contribution in [0.2, 0.25) is 0 Å². The molecular formula is C11H10O3S. The first kappa shape index (κ1) is 10.1. The minimum Gasteiger partial charge on any atom is -0.455 e. The lowest BCUT2D eigenvalue weighted by Crippen LogP contribution is -2.24. The highest BCUT2D eigenvalue weighted by Gasteiger charge is 2.36. The lowest BCUT2D eigenvalue weighted by molar-refractivity contribution is -0.143. The third-order valence-electron chi connectivity index (χ3n) is 2.53. The SMILES string of the molecule is O=COC1(c2ccc(C=O)s2)CC=CC1. The summed E-state index contributed by atoms with van der Waals surface area (Å²) in [5, 5.41) is 0. The van der Waals surface area contributed by atoms with Gasteiger partial charge in [-0.1, -0.05) is 12.2 Å². The second-order valence-corrected chi connectivity index (χ2v) is 4.52. The number of ether oxygens (including phenoxy) is 1. The van der Waals surface area contributed by atoms with E-state index < -0.39 is 5.60 Å². The Morgan fingerprint density at radius 1 is 1.27 bits per heavy atom. The van der Waals surface area contributed by atoms with Crippen LogP contribution in [0.1, 0.15) is 27.4 Å². The molecule has 0 amide bonds. The predicted octanol–water partition coefficient (Wildman–Crippen LogP) is 2.28. The number of aldehydes is 1. The van der Waals surface area contributed by atoms with E-state index in [0.717, 1.165) is 11.2 Å². The molecule has 1 heterocycles. The normalized spacial score (nSPS) is 17.6. The van der Waals surface area contributed by atoms with E-state index in [-0.39, 0.29) is 0 Å². The standard InChI is InChI=1S/C11H10O3S/c12-7-9-3-4-10(15-9)11(14-8-13)5-1-2-6-11/h1-4,7-8H,5-6H2. The third kappa shape index (κ3) is 1.72. The van der Waals surface area contributed by atoms with Crippen molar-refractivity contribution in [2.45, 2.75) is 18.4 Å². The molecule has 0 bridgehead atoms. The Kier molecular flexibility index (Phi) is 2.68. The Morgan fingerprint density at radius 3 is 2.53 bits per heavy atom. The zero-order valence-electron chi connectivity index (χ0n) is 8.01. The van der Waals surface area contributed by atoms with Crippen molar-refractivity contribution in [1.82, 2.24) is 0 Å². The molecule has 3 nitrogen and oxygen atoms in total. The summed E-state index contributed by atoms with van der Waals surface area (Å²) in [5.74, 6) is 0. The molecule has 2 rings (SSSR count). The van der Waals surface area contributed by atoms with Crippen molar-refractivity contribution in [3.05, 3.63) is 34.0 Å². The predicted molar refractivity (Wildman–Crippen MR) is 56.9 cm³/mol. The first-order chi connectivity index (χ1) is 7.30. The van der Waals surface area contributed by atoms with Gasteiger partial charge in [0.1, 0.15) is 0 Å². The van der Waals surface area contributed by atoms with E-state index in [1.54, 1.807) is 6.07 Å². The molecule has 0 unspecified atom stereocenters. The lowest BCUT2D eigenvalue weighted by atomic mass is 9.99. The van der Waals surface area contributed by atoms with Gasteiger partial charge in [-0.15, -0.1) is 11.3 Å². The van der Waals surface area contributed by atoms with E-state index >= 15 is 0 Å². The minimum absolute atomic E-state index is 0.479. The third-order valence-corrected chi connectivity index (χ3v) is 3.72. The molecule has 0 saturated heterocycles.